The standard InChI is InChI=1S/C24H40O5/c1-13(4-7-19(26)27)15-5-6-16-20-17(9-11-23(15,16)2)24(3)10-8-14(25)12-18(24)21(28)22(20)29/h13-18,20-22,25,28-29H,4-12H2,1-3H3,(H,26,27)/t13?,14-,15-,16+,17+,18+,20+,21-,22+,23?,24?/m1/s1. The number of aliphatic hydroxyl groups excluding tert-OH is 3. The summed E-state index contributed by atoms with van der Waals surface area (Å²) in [5.41, 5.74) is 0.119. The lowest BCUT2D eigenvalue weighted by atomic mass is 9.43. The number of carbonyl (C=O) groups is 1. The number of rotatable bonds is 4. The summed E-state index contributed by atoms with van der Waals surface area (Å²) in [4.78, 5) is 11.1. The van der Waals surface area contributed by atoms with Gasteiger partial charge in [0.15, 0.2) is 0 Å². The molecule has 0 spiro atoms. The Kier molecular flexibility index (Phi) is 5.57. The molecule has 4 saturated carbocycles. The van der Waals surface area contributed by atoms with Gasteiger partial charge in [-0.05, 0) is 97.7 Å². The molecule has 4 N–H and O–H groups in total. The predicted molar refractivity (Wildman–Crippen MR) is 110 cm³/mol. The Balaban J connectivity index is 1.59. The monoisotopic (exact) mass is 408 g/mol. The van der Waals surface area contributed by atoms with Crippen molar-refractivity contribution in [3.63, 3.8) is 0 Å². The van der Waals surface area contributed by atoms with Gasteiger partial charge in [-0.1, -0.05) is 20.8 Å². The minimum Gasteiger partial charge on any atom is -0.481 e. The Bertz CT molecular complexity index is 637. The number of hydrogen-bond donors (Lipinski definition) is 4. The topological polar surface area (TPSA) is 98.0 Å². The zero-order chi connectivity index (χ0) is 21.1. The van der Waals surface area contributed by atoms with Gasteiger partial charge in [-0.25, -0.2) is 0 Å². The molecule has 0 aliphatic heterocycles. The van der Waals surface area contributed by atoms with Crippen LogP contribution in [-0.2, 0) is 4.79 Å². The van der Waals surface area contributed by atoms with Crippen molar-refractivity contribution in [3.8, 4) is 0 Å². The highest BCUT2D eigenvalue weighted by molar-refractivity contribution is 5.66. The Morgan fingerprint density at radius 3 is 2.28 bits per heavy atom. The minimum atomic E-state index is -0.748. The lowest BCUT2D eigenvalue weighted by molar-refractivity contribution is -0.223. The summed E-state index contributed by atoms with van der Waals surface area (Å²) in [6, 6.07) is 0. The molecule has 0 radical (unpaired) electrons. The maximum atomic E-state index is 11.3. The van der Waals surface area contributed by atoms with Crippen LogP contribution in [0.5, 0.6) is 0 Å². The number of hydrogen-bond acceptors (Lipinski definition) is 4. The van der Waals surface area contributed by atoms with E-state index in [-0.39, 0.29) is 35.2 Å². The third-order valence-corrected chi connectivity index (χ3v) is 10.3. The molecule has 0 amide bonds. The summed E-state index contributed by atoms with van der Waals surface area (Å²) < 4.78 is 0. The number of carboxylic acids is 1. The van der Waals surface area contributed by atoms with Crippen molar-refractivity contribution in [1.82, 2.24) is 0 Å². The van der Waals surface area contributed by atoms with Crippen LogP contribution in [0.1, 0.15) is 78.6 Å². The second-order valence-corrected chi connectivity index (χ2v) is 11.5. The SMILES string of the molecule is CC(CCC(=O)O)[C@H]1CC[C@H]2[C@@H]3[C@H](O)[C@H](O)[C@@H]4C[C@H](O)CCC4(C)[C@H]3CCC12C. The van der Waals surface area contributed by atoms with Crippen molar-refractivity contribution in [2.75, 3.05) is 0 Å². The Hall–Kier alpha value is -0.650. The fraction of sp³-hybridized carbons (Fsp3) is 0.958. The zero-order valence-corrected chi connectivity index (χ0v) is 18.3. The van der Waals surface area contributed by atoms with Crippen LogP contribution in [0.2, 0.25) is 0 Å². The molecule has 0 aromatic carbocycles. The zero-order valence-electron chi connectivity index (χ0n) is 18.3. The fourth-order valence-electron chi connectivity index (χ4n) is 8.77. The van der Waals surface area contributed by atoms with Gasteiger partial charge in [0.2, 0.25) is 0 Å². The molecular weight excluding hydrogens is 368 g/mol. The Morgan fingerprint density at radius 2 is 1.59 bits per heavy atom. The van der Waals surface area contributed by atoms with E-state index in [0.29, 0.717) is 30.1 Å². The third-order valence-electron chi connectivity index (χ3n) is 10.3. The quantitative estimate of drug-likeness (QED) is 0.571. The first-order valence-corrected chi connectivity index (χ1v) is 11.9. The highest BCUT2D eigenvalue weighted by Gasteiger charge is 2.65. The largest absolute Gasteiger partial charge is 0.481 e. The molecule has 0 saturated heterocycles. The first-order valence-electron chi connectivity index (χ1n) is 11.9. The molecule has 0 heterocycles. The van der Waals surface area contributed by atoms with Crippen LogP contribution in [0.3, 0.4) is 0 Å². The van der Waals surface area contributed by atoms with Crippen LogP contribution < -0.4 is 0 Å². The summed E-state index contributed by atoms with van der Waals surface area (Å²) in [5.74, 6) is 1.06. The molecule has 4 rings (SSSR count). The highest BCUT2D eigenvalue weighted by atomic mass is 16.4. The third kappa shape index (κ3) is 3.27. The molecule has 5 nitrogen and oxygen atoms in total. The maximum absolute atomic E-state index is 11.3. The molecule has 4 aliphatic carbocycles. The van der Waals surface area contributed by atoms with E-state index in [4.69, 9.17) is 5.11 Å². The van der Waals surface area contributed by atoms with Gasteiger partial charge in [0.05, 0.1) is 18.3 Å². The van der Waals surface area contributed by atoms with E-state index in [1.165, 1.54) is 0 Å². The highest BCUT2D eigenvalue weighted by Crippen LogP contribution is 2.68. The Morgan fingerprint density at radius 1 is 0.931 bits per heavy atom. The van der Waals surface area contributed by atoms with Gasteiger partial charge in [-0.15, -0.1) is 0 Å². The normalized spacial score (nSPS) is 52.9. The van der Waals surface area contributed by atoms with Crippen LogP contribution in [-0.4, -0.2) is 44.7 Å². The molecule has 11 atom stereocenters. The summed E-state index contributed by atoms with van der Waals surface area (Å²) in [5, 5.41) is 41.7. The van der Waals surface area contributed by atoms with Crippen molar-refractivity contribution in [2.24, 2.45) is 46.3 Å². The Labute approximate surface area is 174 Å². The molecule has 29 heavy (non-hydrogen) atoms. The molecule has 3 unspecified atom stereocenters. The van der Waals surface area contributed by atoms with Crippen molar-refractivity contribution >= 4 is 5.97 Å². The molecule has 0 bridgehead atoms. The van der Waals surface area contributed by atoms with E-state index in [1.54, 1.807) is 0 Å². The van der Waals surface area contributed by atoms with E-state index in [1.807, 2.05) is 0 Å². The van der Waals surface area contributed by atoms with Crippen molar-refractivity contribution in [2.45, 2.75) is 96.9 Å². The predicted octanol–water partition coefficient (Wildman–Crippen LogP) is 3.45. The van der Waals surface area contributed by atoms with E-state index in [2.05, 4.69) is 20.8 Å². The molecular formula is C24H40O5. The summed E-state index contributed by atoms with van der Waals surface area (Å²) >= 11 is 0. The average Bonchev–Trinajstić information content (AvgIpc) is 3.02. The van der Waals surface area contributed by atoms with E-state index < -0.39 is 18.2 Å². The summed E-state index contributed by atoms with van der Waals surface area (Å²) in [7, 11) is 0. The van der Waals surface area contributed by atoms with E-state index >= 15 is 0 Å². The van der Waals surface area contributed by atoms with Gasteiger partial charge in [0, 0.05) is 6.42 Å². The number of carboxylic acid groups (broad SMARTS) is 1. The van der Waals surface area contributed by atoms with Gasteiger partial charge in [-0.3, -0.25) is 4.79 Å². The number of aliphatic carboxylic acids is 1. The summed E-state index contributed by atoms with van der Waals surface area (Å²) in [6.07, 6.45) is 5.87. The van der Waals surface area contributed by atoms with Crippen molar-refractivity contribution in [3.05, 3.63) is 0 Å². The van der Waals surface area contributed by atoms with Gasteiger partial charge in [0.25, 0.3) is 0 Å². The average molecular weight is 409 g/mol. The van der Waals surface area contributed by atoms with Crippen molar-refractivity contribution in [1.29, 1.82) is 0 Å². The van der Waals surface area contributed by atoms with Crippen LogP contribution >= 0.6 is 0 Å². The minimum absolute atomic E-state index is 0.00309. The molecule has 4 fully saturated rings. The van der Waals surface area contributed by atoms with Gasteiger partial charge in [-0.2, -0.15) is 0 Å². The second kappa shape index (κ2) is 7.49. The molecule has 5 heteroatoms. The molecule has 4 aliphatic rings. The number of fused-ring (bicyclic) bond motifs is 5. The van der Waals surface area contributed by atoms with E-state index in [9.17, 15) is 20.1 Å². The van der Waals surface area contributed by atoms with E-state index in [0.717, 1.165) is 44.9 Å². The first kappa shape index (κ1) is 21.6. The lowest BCUT2D eigenvalue weighted by Gasteiger charge is -2.63. The van der Waals surface area contributed by atoms with Gasteiger partial charge < -0.3 is 20.4 Å². The fourth-order valence-corrected chi connectivity index (χ4v) is 8.77. The van der Waals surface area contributed by atoms with Crippen molar-refractivity contribution < 1.29 is 25.2 Å². The van der Waals surface area contributed by atoms with Crippen LogP contribution in [0.25, 0.3) is 0 Å². The van der Waals surface area contributed by atoms with Crippen LogP contribution in [0, 0.1) is 46.3 Å². The lowest BCUT2D eigenvalue weighted by Crippen LogP contribution is -2.64. The summed E-state index contributed by atoms with van der Waals surface area (Å²) in [6.45, 7) is 6.89. The first-order chi connectivity index (χ1) is 13.6. The molecule has 0 aromatic rings. The van der Waals surface area contributed by atoms with Gasteiger partial charge >= 0.3 is 5.97 Å². The smallest absolute Gasteiger partial charge is 0.303 e. The second-order valence-electron chi connectivity index (χ2n) is 11.5. The molecule has 0 aromatic heterocycles. The van der Waals surface area contributed by atoms with Crippen LogP contribution in [0.4, 0.5) is 0 Å². The van der Waals surface area contributed by atoms with Crippen LogP contribution in [0.15, 0.2) is 0 Å². The van der Waals surface area contributed by atoms with Gasteiger partial charge in [0.1, 0.15) is 0 Å². The number of aliphatic hydroxyl groups is 3. The molecule has 166 valence electrons. The maximum Gasteiger partial charge on any atom is 0.303 e.